The number of rotatable bonds is 3. The Morgan fingerprint density at radius 1 is 1.53 bits per heavy atom. The molecule has 1 atom stereocenters. The molecule has 1 aromatic carbocycles. The van der Waals surface area contributed by atoms with E-state index in [1.807, 2.05) is 22.8 Å². The van der Waals surface area contributed by atoms with Gasteiger partial charge >= 0.3 is 0 Å². The highest BCUT2D eigenvalue weighted by Gasteiger charge is 2.31. The molecule has 1 aliphatic rings. The lowest BCUT2D eigenvalue weighted by atomic mass is 10.0. The Morgan fingerprint density at radius 3 is 3.05 bits per heavy atom. The number of imidazole rings is 1. The number of ether oxygens (including phenoxy) is 1. The molecule has 1 aromatic heterocycles. The largest absolute Gasteiger partial charge is 0.399 e. The molecule has 102 valence electrons. The van der Waals surface area contributed by atoms with Crippen molar-refractivity contribution in [3.8, 4) is 0 Å². The normalized spacial score (nSPS) is 23.3. The molecule has 0 spiro atoms. The molecular formula is C14H19N3O2. The van der Waals surface area contributed by atoms with Crippen LogP contribution < -0.4 is 5.73 Å². The van der Waals surface area contributed by atoms with Gasteiger partial charge in [-0.25, -0.2) is 4.98 Å². The zero-order valence-electron chi connectivity index (χ0n) is 11.1. The SMILES string of the molecule is CC1(Cn2c(CO)nc3cc(N)ccc32)CCCO1. The van der Waals surface area contributed by atoms with Gasteiger partial charge in [0.2, 0.25) is 0 Å². The van der Waals surface area contributed by atoms with E-state index in [0.717, 1.165) is 30.5 Å². The number of nitrogens with two attached hydrogens (primary N) is 1. The number of aliphatic hydroxyl groups excluding tert-OH is 1. The van der Waals surface area contributed by atoms with Gasteiger partial charge in [-0.1, -0.05) is 0 Å². The minimum absolute atomic E-state index is 0.0787. The van der Waals surface area contributed by atoms with Crippen LogP contribution in [0.2, 0.25) is 0 Å². The summed E-state index contributed by atoms with van der Waals surface area (Å²) >= 11 is 0. The molecule has 1 saturated heterocycles. The first kappa shape index (κ1) is 12.4. The summed E-state index contributed by atoms with van der Waals surface area (Å²) in [5.74, 6) is 0.664. The van der Waals surface area contributed by atoms with Crippen LogP contribution in [0.25, 0.3) is 11.0 Å². The molecule has 2 heterocycles. The maximum Gasteiger partial charge on any atom is 0.135 e. The fourth-order valence-corrected chi connectivity index (χ4v) is 2.79. The van der Waals surface area contributed by atoms with Gasteiger partial charge in [0.25, 0.3) is 0 Å². The third-order valence-corrected chi connectivity index (χ3v) is 3.79. The summed E-state index contributed by atoms with van der Waals surface area (Å²) < 4.78 is 7.87. The van der Waals surface area contributed by atoms with Crippen LogP contribution in [0.4, 0.5) is 5.69 Å². The van der Waals surface area contributed by atoms with Crippen molar-refractivity contribution in [3.05, 3.63) is 24.0 Å². The van der Waals surface area contributed by atoms with Crippen LogP contribution in [0.5, 0.6) is 0 Å². The number of aliphatic hydroxyl groups is 1. The molecule has 0 saturated carbocycles. The van der Waals surface area contributed by atoms with E-state index >= 15 is 0 Å². The summed E-state index contributed by atoms with van der Waals surface area (Å²) in [5, 5.41) is 9.49. The Morgan fingerprint density at radius 2 is 2.37 bits per heavy atom. The maximum absolute atomic E-state index is 9.49. The van der Waals surface area contributed by atoms with Crippen LogP contribution >= 0.6 is 0 Å². The molecule has 0 bridgehead atoms. The highest BCUT2D eigenvalue weighted by Crippen LogP contribution is 2.29. The van der Waals surface area contributed by atoms with Crippen LogP contribution in [0.3, 0.4) is 0 Å². The fraction of sp³-hybridized carbons (Fsp3) is 0.500. The summed E-state index contributed by atoms with van der Waals surface area (Å²) in [6.07, 6.45) is 2.12. The number of anilines is 1. The van der Waals surface area contributed by atoms with E-state index in [1.165, 1.54) is 0 Å². The number of hydrogen-bond donors (Lipinski definition) is 2. The Balaban J connectivity index is 2.05. The minimum atomic E-state index is -0.168. The Bertz CT molecular complexity index is 600. The van der Waals surface area contributed by atoms with E-state index in [2.05, 4.69) is 11.9 Å². The molecule has 3 N–H and O–H groups in total. The van der Waals surface area contributed by atoms with Gasteiger partial charge in [-0.2, -0.15) is 0 Å². The monoisotopic (exact) mass is 261 g/mol. The highest BCUT2D eigenvalue weighted by atomic mass is 16.5. The minimum Gasteiger partial charge on any atom is -0.399 e. The second-order valence-electron chi connectivity index (χ2n) is 5.42. The number of nitrogen functional groups attached to an aromatic ring is 1. The number of aromatic nitrogens is 2. The standard InChI is InChI=1S/C14H19N3O2/c1-14(5-2-6-19-14)9-17-12-4-3-10(15)7-11(12)16-13(17)8-18/h3-4,7,18H,2,5-6,8-9,15H2,1H3. The molecule has 0 aliphatic carbocycles. The van der Waals surface area contributed by atoms with Gasteiger partial charge in [-0.15, -0.1) is 0 Å². The van der Waals surface area contributed by atoms with Gasteiger partial charge in [-0.05, 0) is 38.0 Å². The summed E-state index contributed by atoms with van der Waals surface area (Å²) in [4.78, 5) is 4.44. The van der Waals surface area contributed by atoms with E-state index in [-0.39, 0.29) is 12.2 Å². The Kier molecular flexibility index (Phi) is 2.95. The van der Waals surface area contributed by atoms with Crippen LogP contribution in [0, 0.1) is 0 Å². The molecule has 1 fully saturated rings. The molecule has 19 heavy (non-hydrogen) atoms. The zero-order chi connectivity index (χ0) is 13.5. The van der Waals surface area contributed by atoms with Crippen molar-refractivity contribution in [2.75, 3.05) is 12.3 Å². The first-order chi connectivity index (χ1) is 9.11. The van der Waals surface area contributed by atoms with Gasteiger partial charge in [0, 0.05) is 12.3 Å². The number of benzene rings is 1. The topological polar surface area (TPSA) is 73.3 Å². The summed E-state index contributed by atoms with van der Waals surface area (Å²) in [6.45, 7) is 3.56. The predicted molar refractivity (Wildman–Crippen MR) is 73.7 cm³/mol. The summed E-state index contributed by atoms with van der Waals surface area (Å²) in [6, 6.07) is 5.65. The highest BCUT2D eigenvalue weighted by molar-refractivity contribution is 5.79. The fourth-order valence-electron chi connectivity index (χ4n) is 2.79. The van der Waals surface area contributed by atoms with Gasteiger partial charge < -0.3 is 20.1 Å². The number of hydrogen-bond acceptors (Lipinski definition) is 4. The predicted octanol–water partition coefficient (Wildman–Crippen LogP) is 1.68. The van der Waals surface area contributed by atoms with Crippen LogP contribution in [0.15, 0.2) is 18.2 Å². The van der Waals surface area contributed by atoms with Crippen molar-refractivity contribution in [2.45, 2.75) is 38.5 Å². The lowest BCUT2D eigenvalue weighted by Crippen LogP contribution is -2.30. The third kappa shape index (κ3) is 2.19. The second kappa shape index (κ2) is 4.51. The molecule has 2 aromatic rings. The Hall–Kier alpha value is -1.59. The number of fused-ring (bicyclic) bond motifs is 1. The van der Waals surface area contributed by atoms with Gasteiger partial charge in [0.05, 0.1) is 23.2 Å². The van der Waals surface area contributed by atoms with Crippen molar-refractivity contribution >= 4 is 16.7 Å². The van der Waals surface area contributed by atoms with Crippen molar-refractivity contribution in [1.82, 2.24) is 9.55 Å². The van der Waals surface area contributed by atoms with Crippen molar-refractivity contribution in [2.24, 2.45) is 0 Å². The first-order valence-corrected chi connectivity index (χ1v) is 6.61. The molecule has 5 nitrogen and oxygen atoms in total. The van der Waals surface area contributed by atoms with Crippen molar-refractivity contribution in [1.29, 1.82) is 0 Å². The molecular weight excluding hydrogens is 242 g/mol. The maximum atomic E-state index is 9.49. The van der Waals surface area contributed by atoms with E-state index < -0.39 is 0 Å². The molecule has 1 aliphatic heterocycles. The smallest absolute Gasteiger partial charge is 0.135 e. The first-order valence-electron chi connectivity index (χ1n) is 6.61. The van der Waals surface area contributed by atoms with Gasteiger partial charge in [0.1, 0.15) is 12.4 Å². The number of nitrogens with zero attached hydrogens (tertiary/aromatic N) is 2. The summed E-state index contributed by atoms with van der Waals surface area (Å²) in [7, 11) is 0. The van der Waals surface area contributed by atoms with Gasteiger partial charge in [0.15, 0.2) is 0 Å². The average molecular weight is 261 g/mol. The molecule has 5 heteroatoms. The van der Waals surface area contributed by atoms with E-state index in [4.69, 9.17) is 10.5 Å². The van der Waals surface area contributed by atoms with Crippen molar-refractivity contribution in [3.63, 3.8) is 0 Å². The zero-order valence-corrected chi connectivity index (χ0v) is 11.1. The van der Waals surface area contributed by atoms with Crippen LogP contribution in [-0.4, -0.2) is 26.9 Å². The van der Waals surface area contributed by atoms with E-state index in [1.54, 1.807) is 0 Å². The second-order valence-corrected chi connectivity index (χ2v) is 5.42. The van der Waals surface area contributed by atoms with Crippen molar-refractivity contribution < 1.29 is 9.84 Å². The Labute approximate surface area is 112 Å². The quantitative estimate of drug-likeness (QED) is 0.824. The van der Waals surface area contributed by atoms with E-state index in [0.29, 0.717) is 18.1 Å². The molecule has 3 rings (SSSR count). The molecule has 0 radical (unpaired) electrons. The average Bonchev–Trinajstić information content (AvgIpc) is 2.94. The lowest BCUT2D eigenvalue weighted by Gasteiger charge is -2.24. The van der Waals surface area contributed by atoms with E-state index in [9.17, 15) is 5.11 Å². The van der Waals surface area contributed by atoms with Crippen LogP contribution in [0.1, 0.15) is 25.6 Å². The molecule has 0 amide bonds. The lowest BCUT2D eigenvalue weighted by molar-refractivity contribution is 0.00588. The third-order valence-electron chi connectivity index (χ3n) is 3.79. The molecule has 1 unspecified atom stereocenters. The summed E-state index contributed by atoms with van der Waals surface area (Å²) in [5.41, 5.74) is 8.12. The van der Waals surface area contributed by atoms with Gasteiger partial charge in [-0.3, -0.25) is 0 Å². The van der Waals surface area contributed by atoms with Crippen LogP contribution in [-0.2, 0) is 17.9 Å².